The highest BCUT2D eigenvalue weighted by Crippen LogP contribution is 2.32. The largest absolute Gasteiger partial charge is 0.360 e. The van der Waals surface area contributed by atoms with Crippen LogP contribution in [0.3, 0.4) is 0 Å². The van der Waals surface area contributed by atoms with E-state index in [9.17, 15) is 0 Å². The lowest BCUT2D eigenvalue weighted by Gasteiger charge is -2.32. The number of hydrogen-bond donors (Lipinski definition) is 2. The van der Waals surface area contributed by atoms with Crippen LogP contribution < -0.4 is 10.2 Å². The number of nitrogens with one attached hydrogen (secondary N) is 2. The number of benzene rings is 1. The molecule has 4 aromatic rings. The molecular formula is C21H20ClN7. The number of piperidine rings is 1. The van der Waals surface area contributed by atoms with E-state index in [0.717, 1.165) is 54.0 Å². The van der Waals surface area contributed by atoms with Gasteiger partial charge in [0.2, 0.25) is 11.9 Å². The summed E-state index contributed by atoms with van der Waals surface area (Å²) >= 11 is 6.43. The number of fused-ring (bicyclic) bond motifs is 1. The minimum Gasteiger partial charge on any atom is -0.360 e. The zero-order valence-electron chi connectivity index (χ0n) is 15.7. The Labute approximate surface area is 173 Å². The van der Waals surface area contributed by atoms with E-state index in [1.807, 2.05) is 30.5 Å². The third-order valence-corrected chi connectivity index (χ3v) is 5.53. The molecule has 0 spiro atoms. The van der Waals surface area contributed by atoms with Crippen LogP contribution in [0.4, 0.5) is 11.9 Å². The van der Waals surface area contributed by atoms with Crippen molar-refractivity contribution in [3.63, 3.8) is 0 Å². The second-order valence-corrected chi connectivity index (χ2v) is 7.50. The highest BCUT2D eigenvalue weighted by Gasteiger charge is 2.22. The Bertz CT molecular complexity index is 1120. The summed E-state index contributed by atoms with van der Waals surface area (Å²) in [7, 11) is 0. The minimum absolute atomic E-state index is 0.298. The summed E-state index contributed by atoms with van der Waals surface area (Å²) < 4.78 is 0. The van der Waals surface area contributed by atoms with Crippen molar-refractivity contribution in [3.05, 3.63) is 60.1 Å². The zero-order valence-corrected chi connectivity index (χ0v) is 16.5. The third-order valence-electron chi connectivity index (χ3n) is 5.25. The zero-order chi connectivity index (χ0) is 19.6. The highest BCUT2D eigenvalue weighted by atomic mass is 35.5. The summed E-state index contributed by atoms with van der Waals surface area (Å²) in [4.78, 5) is 23.3. The van der Waals surface area contributed by atoms with Gasteiger partial charge in [0.25, 0.3) is 0 Å². The number of anilines is 2. The van der Waals surface area contributed by atoms with Crippen LogP contribution in [0, 0.1) is 0 Å². The van der Waals surface area contributed by atoms with Crippen LogP contribution in [0.15, 0.2) is 55.1 Å². The molecule has 146 valence electrons. The first kappa shape index (κ1) is 17.9. The number of H-pyrrole nitrogens is 1. The number of halogens is 1. The van der Waals surface area contributed by atoms with Gasteiger partial charge in [0.15, 0.2) is 0 Å². The van der Waals surface area contributed by atoms with Crippen LogP contribution >= 0.6 is 11.6 Å². The van der Waals surface area contributed by atoms with Crippen LogP contribution in [-0.2, 0) is 0 Å². The molecule has 3 aromatic heterocycles. The van der Waals surface area contributed by atoms with Crippen LogP contribution in [0.1, 0.15) is 12.8 Å². The topological polar surface area (TPSA) is 82.6 Å². The predicted molar refractivity (Wildman–Crippen MR) is 115 cm³/mol. The van der Waals surface area contributed by atoms with Crippen molar-refractivity contribution in [3.8, 4) is 11.3 Å². The smallest absolute Gasteiger partial charge is 0.225 e. The standard InChI is InChI=1S/C21H20ClN7/c22-17-13-26-20(28-19(17)16-12-25-18-5-2-1-4-15(16)18)27-14-6-10-29(11-7-14)21-23-8-3-9-24-21/h1-5,8-9,12-14,25H,6-7,10-11H2,(H,26,27,28). The quantitative estimate of drug-likeness (QED) is 0.530. The van der Waals surface area contributed by atoms with E-state index < -0.39 is 0 Å². The summed E-state index contributed by atoms with van der Waals surface area (Å²) in [6.07, 6.45) is 9.10. The highest BCUT2D eigenvalue weighted by molar-refractivity contribution is 6.33. The molecule has 1 aliphatic rings. The molecule has 4 heterocycles. The Balaban J connectivity index is 1.32. The predicted octanol–water partition coefficient (Wildman–Crippen LogP) is 4.15. The molecule has 1 fully saturated rings. The molecule has 0 saturated carbocycles. The first-order valence-corrected chi connectivity index (χ1v) is 10.0. The van der Waals surface area contributed by atoms with Crippen molar-refractivity contribution in [1.82, 2.24) is 24.9 Å². The molecule has 7 nitrogen and oxygen atoms in total. The van der Waals surface area contributed by atoms with E-state index in [4.69, 9.17) is 16.6 Å². The molecule has 5 rings (SSSR count). The molecule has 1 saturated heterocycles. The summed E-state index contributed by atoms with van der Waals surface area (Å²) in [6, 6.07) is 10.3. The van der Waals surface area contributed by atoms with Gasteiger partial charge < -0.3 is 15.2 Å². The average molecular weight is 406 g/mol. The van der Waals surface area contributed by atoms with Crippen LogP contribution in [0.2, 0.25) is 5.02 Å². The Kier molecular flexibility index (Phi) is 4.73. The van der Waals surface area contributed by atoms with Crippen molar-refractivity contribution in [2.45, 2.75) is 18.9 Å². The second kappa shape index (κ2) is 7.67. The fourth-order valence-electron chi connectivity index (χ4n) is 3.75. The van der Waals surface area contributed by atoms with Crippen molar-refractivity contribution in [1.29, 1.82) is 0 Å². The maximum atomic E-state index is 6.43. The number of nitrogens with zero attached hydrogens (tertiary/aromatic N) is 5. The lowest BCUT2D eigenvalue weighted by Crippen LogP contribution is -2.40. The SMILES string of the molecule is Clc1cnc(NC2CCN(c3ncccn3)CC2)nc1-c1c[nH]c2ccccc12. The van der Waals surface area contributed by atoms with Gasteiger partial charge in [-0.25, -0.2) is 19.9 Å². The van der Waals surface area contributed by atoms with Crippen LogP contribution in [0.5, 0.6) is 0 Å². The van der Waals surface area contributed by atoms with E-state index >= 15 is 0 Å². The fraction of sp³-hybridized carbons (Fsp3) is 0.238. The second-order valence-electron chi connectivity index (χ2n) is 7.09. The summed E-state index contributed by atoms with van der Waals surface area (Å²) in [6.45, 7) is 1.79. The molecular weight excluding hydrogens is 386 g/mol. The summed E-state index contributed by atoms with van der Waals surface area (Å²) in [5.41, 5.74) is 2.77. The van der Waals surface area contributed by atoms with E-state index in [0.29, 0.717) is 17.0 Å². The average Bonchev–Trinajstić information content (AvgIpc) is 3.20. The van der Waals surface area contributed by atoms with Crippen LogP contribution in [0.25, 0.3) is 22.2 Å². The van der Waals surface area contributed by atoms with E-state index in [-0.39, 0.29) is 0 Å². The molecule has 1 aliphatic heterocycles. The lowest BCUT2D eigenvalue weighted by atomic mass is 10.1. The molecule has 0 radical (unpaired) electrons. The van der Waals surface area contributed by atoms with E-state index in [1.54, 1.807) is 18.6 Å². The molecule has 2 N–H and O–H groups in total. The molecule has 0 atom stereocenters. The molecule has 0 bridgehead atoms. The molecule has 8 heteroatoms. The lowest BCUT2D eigenvalue weighted by molar-refractivity contribution is 0.517. The van der Waals surface area contributed by atoms with Gasteiger partial charge in [0.05, 0.1) is 16.9 Å². The Morgan fingerprint density at radius 3 is 2.66 bits per heavy atom. The van der Waals surface area contributed by atoms with Gasteiger partial charge in [-0.1, -0.05) is 29.8 Å². The minimum atomic E-state index is 0.298. The van der Waals surface area contributed by atoms with Crippen molar-refractivity contribution in [2.24, 2.45) is 0 Å². The maximum absolute atomic E-state index is 6.43. The van der Waals surface area contributed by atoms with Crippen molar-refractivity contribution >= 4 is 34.4 Å². The van der Waals surface area contributed by atoms with Gasteiger partial charge in [-0.3, -0.25) is 0 Å². The molecule has 0 amide bonds. The summed E-state index contributed by atoms with van der Waals surface area (Å²) in [5, 5.41) is 5.10. The Hall–Kier alpha value is -3.19. The van der Waals surface area contributed by atoms with Gasteiger partial charge in [-0.2, -0.15) is 0 Å². The molecule has 0 unspecified atom stereocenters. The number of rotatable bonds is 4. The number of aromatic nitrogens is 5. The molecule has 29 heavy (non-hydrogen) atoms. The Morgan fingerprint density at radius 1 is 1.03 bits per heavy atom. The first-order valence-electron chi connectivity index (χ1n) is 9.65. The van der Waals surface area contributed by atoms with Gasteiger partial charge in [-0.05, 0) is 25.0 Å². The number of aromatic amines is 1. The van der Waals surface area contributed by atoms with Gasteiger partial charge >= 0.3 is 0 Å². The monoisotopic (exact) mass is 405 g/mol. The van der Waals surface area contributed by atoms with Crippen molar-refractivity contribution < 1.29 is 0 Å². The maximum Gasteiger partial charge on any atom is 0.225 e. The number of para-hydroxylation sites is 1. The Morgan fingerprint density at radius 2 is 1.83 bits per heavy atom. The van der Waals surface area contributed by atoms with Gasteiger partial charge in [0, 0.05) is 54.2 Å². The number of hydrogen-bond acceptors (Lipinski definition) is 6. The first-order chi connectivity index (χ1) is 14.3. The van der Waals surface area contributed by atoms with Gasteiger partial charge in [-0.15, -0.1) is 0 Å². The molecule has 1 aromatic carbocycles. The van der Waals surface area contributed by atoms with E-state index in [2.05, 4.69) is 36.2 Å². The van der Waals surface area contributed by atoms with Crippen molar-refractivity contribution in [2.75, 3.05) is 23.3 Å². The summed E-state index contributed by atoms with van der Waals surface area (Å²) in [5.74, 6) is 1.39. The fourth-order valence-corrected chi connectivity index (χ4v) is 3.95. The van der Waals surface area contributed by atoms with Crippen LogP contribution in [-0.4, -0.2) is 44.1 Å². The molecule has 0 aliphatic carbocycles. The normalized spacial score (nSPS) is 15.0. The third kappa shape index (κ3) is 3.61. The van der Waals surface area contributed by atoms with Gasteiger partial charge in [0.1, 0.15) is 0 Å². The van der Waals surface area contributed by atoms with E-state index in [1.165, 1.54) is 0 Å².